The minimum atomic E-state index is -5.84. The van der Waals surface area contributed by atoms with Crippen LogP contribution in [-0.2, 0) is 10.1 Å². The number of nitrogens with one attached hydrogen (secondary N) is 1. The van der Waals surface area contributed by atoms with E-state index in [1.54, 1.807) is 12.1 Å². The van der Waals surface area contributed by atoms with E-state index in [0.717, 1.165) is 5.69 Å². The summed E-state index contributed by atoms with van der Waals surface area (Å²) in [7, 11) is -2.09. The lowest BCUT2D eigenvalue weighted by Gasteiger charge is -2.16. The maximum Gasteiger partial charge on any atom is 0.522 e. The Morgan fingerprint density at radius 2 is 1.58 bits per heavy atom. The van der Waals surface area contributed by atoms with Crippen LogP contribution in [0.25, 0.3) is 0 Å². The Balaban J connectivity index is 0.000000362. The van der Waals surface area contributed by atoms with Crippen molar-refractivity contribution in [2.75, 3.05) is 19.1 Å². The van der Waals surface area contributed by atoms with Gasteiger partial charge in [0.25, 0.3) is 0 Å². The number of aromatic hydroxyl groups is 1. The van der Waals surface area contributed by atoms with Crippen molar-refractivity contribution in [3.63, 3.8) is 0 Å². The third-order valence-electron chi connectivity index (χ3n) is 1.86. The van der Waals surface area contributed by atoms with E-state index in [2.05, 4.69) is 5.43 Å². The van der Waals surface area contributed by atoms with Crippen molar-refractivity contribution in [2.45, 2.75) is 5.51 Å². The molecule has 1 aromatic rings. The quantitative estimate of drug-likeness (QED) is 0.434. The molecule has 0 radical (unpaired) electrons. The molecule has 1 rings (SSSR count). The van der Waals surface area contributed by atoms with E-state index < -0.39 is 15.6 Å². The Morgan fingerprint density at radius 1 is 1.21 bits per heavy atom. The lowest BCUT2D eigenvalue weighted by molar-refractivity contribution is -0.0510. The summed E-state index contributed by atoms with van der Waals surface area (Å²) < 4.78 is 57.5. The van der Waals surface area contributed by atoms with E-state index >= 15 is 0 Å². The second-order valence-corrected chi connectivity index (χ2v) is 4.63. The summed E-state index contributed by atoms with van der Waals surface area (Å²) in [6, 6.07) is 6.99. The summed E-state index contributed by atoms with van der Waals surface area (Å²) in [6.45, 7) is 0. The van der Waals surface area contributed by atoms with Gasteiger partial charge in [0.15, 0.2) is 0 Å². The number of benzene rings is 1. The Hall–Kier alpha value is -1.52. The Kier molecular flexibility index (Phi) is 6.06. The van der Waals surface area contributed by atoms with E-state index in [9.17, 15) is 13.2 Å². The second kappa shape index (κ2) is 6.59. The molecule has 19 heavy (non-hydrogen) atoms. The van der Waals surface area contributed by atoms with Crippen LogP contribution in [0.2, 0.25) is 0 Å². The van der Waals surface area contributed by atoms with Crippen molar-refractivity contribution in [3.8, 4) is 5.75 Å². The summed E-state index contributed by atoms with van der Waals surface area (Å²) in [5, 5.41) is 10.8. The van der Waals surface area contributed by atoms with E-state index in [-0.39, 0.29) is 0 Å². The Bertz CT molecular complexity index is 487. The predicted octanol–water partition coefficient (Wildman–Crippen LogP) is 1.36. The van der Waals surface area contributed by atoms with Gasteiger partial charge in [0.05, 0.1) is 5.69 Å². The highest BCUT2D eigenvalue weighted by atomic mass is 32.2. The van der Waals surface area contributed by atoms with Gasteiger partial charge >= 0.3 is 15.6 Å². The normalized spacial score (nSPS) is 11.5. The van der Waals surface area contributed by atoms with Gasteiger partial charge in [-0.15, -0.1) is 0 Å². The van der Waals surface area contributed by atoms with Crippen LogP contribution in [0.3, 0.4) is 0 Å². The third kappa shape index (κ3) is 6.27. The molecular weight excluding hydrogens is 289 g/mol. The van der Waals surface area contributed by atoms with Crippen LogP contribution in [0.15, 0.2) is 24.3 Å². The highest BCUT2D eigenvalue weighted by molar-refractivity contribution is 7.86. The van der Waals surface area contributed by atoms with Gasteiger partial charge in [-0.25, -0.2) is 5.43 Å². The molecule has 0 spiro atoms. The molecule has 0 heterocycles. The summed E-state index contributed by atoms with van der Waals surface area (Å²) in [4.78, 5) is 0. The Morgan fingerprint density at radius 3 is 1.84 bits per heavy atom. The fraction of sp³-hybridized carbons (Fsp3) is 0.333. The number of hydrogen-bond donors (Lipinski definition) is 3. The molecule has 0 saturated carbocycles. The molecule has 0 fully saturated rings. The molecule has 0 saturated heterocycles. The van der Waals surface area contributed by atoms with Crippen molar-refractivity contribution >= 4 is 15.8 Å². The van der Waals surface area contributed by atoms with Crippen LogP contribution in [0, 0.1) is 0 Å². The average molecular weight is 302 g/mol. The molecule has 0 bridgehead atoms. The molecule has 10 heteroatoms. The number of rotatable bonds is 2. The first-order valence-corrected chi connectivity index (χ1v) is 6.17. The molecule has 0 amide bonds. The number of alkyl halides is 3. The highest BCUT2D eigenvalue weighted by Crippen LogP contribution is 2.20. The summed E-state index contributed by atoms with van der Waals surface area (Å²) in [5.41, 5.74) is -1.56. The van der Waals surface area contributed by atoms with E-state index in [1.165, 1.54) is 0 Å². The largest absolute Gasteiger partial charge is 0.522 e. The minimum absolute atomic E-state index is 0.290. The summed E-state index contributed by atoms with van der Waals surface area (Å²) in [6.07, 6.45) is 0. The molecule has 3 N–H and O–H groups in total. The van der Waals surface area contributed by atoms with Gasteiger partial charge < -0.3 is 10.1 Å². The molecule has 0 aliphatic rings. The van der Waals surface area contributed by atoms with Gasteiger partial charge in [-0.05, 0) is 24.3 Å². The zero-order chi connectivity index (χ0) is 15.3. The van der Waals surface area contributed by atoms with Crippen LogP contribution in [0.1, 0.15) is 0 Å². The van der Waals surface area contributed by atoms with Gasteiger partial charge in [0.1, 0.15) is 5.75 Å². The fourth-order valence-corrected chi connectivity index (χ4v) is 0.805. The lowest BCUT2D eigenvalue weighted by atomic mass is 10.3. The molecule has 0 aliphatic heterocycles. The van der Waals surface area contributed by atoms with Crippen molar-refractivity contribution in [2.24, 2.45) is 0 Å². The Labute approximate surface area is 108 Å². The summed E-state index contributed by atoms with van der Waals surface area (Å²) >= 11 is 0. The first-order chi connectivity index (χ1) is 8.49. The standard InChI is InChI=1S/C8H12N2O.CHF3O3S/c1-9-10(2)7-3-5-8(11)6-4-7;2-1(3,4)8(5,6)7/h3-6,9,11H,1-2H3;(H,5,6,7). The molecule has 110 valence electrons. The number of halogens is 3. The zero-order valence-corrected chi connectivity index (χ0v) is 10.8. The van der Waals surface area contributed by atoms with Gasteiger partial charge in [0, 0.05) is 14.1 Å². The average Bonchev–Trinajstić information content (AvgIpc) is 2.27. The number of phenolic OH excluding ortho intramolecular Hbond substituents is 1. The zero-order valence-electron chi connectivity index (χ0n) is 10.0. The first kappa shape index (κ1) is 17.5. The van der Waals surface area contributed by atoms with Crippen LogP contribution >= 0.6 is 0 Å². The van der Waals surface area contributed by atoms with Crippen LogP contribution in [0.4, 0.5) is 18.9 Å². The third-order valence-corrected chi connectivity index (χ3v) is 2.45. The van der Waals surface area contributed by atoms with Gasteiger partial charge in [-0.1, -0.05) is 0 Å². The van der Waals surface area contributed by atoms with Crippen molar-refractivity contribution in [1.29, 1.82) is 0 Å². The number of phenols is 1. The van der Waals surface area contributed by atoms with Crippen molar-refractivity contribution in [1.82, 2.24) is 5.43 Å². The number of nitrogens with zero attached hydrogens (tertiary/aromatic N) is 1. The lowest BCUT2D eigenvalue weighted by Crippen LogP contribution is -2.30. The SMILES string of the molecule is CNN(C)c1ccc(O)cc1.O=S(=O)(O)C(F)(F)F. The van der Waals surface area contributed by atoms with Gasteiger partial charge in [0.2, 0.25) is 0 Å². The number of anilines is 1. The van der Waals surface area contributed by atoms with E-state index in [0.29, 0.717) is 5.75 Å². The minimum Gasteiger partial charge on any atom is -0.508 e. The smallest absolute Gasteiger partial charge is 0.508 e. The fourth-order valence-electron chi connectivity index (χ4n) is 0.805. The maximum absolute atomic E-state index is 10.7. The molecule has 6 nitrogen and oxygen atoms in total. The number of hydrazine groups is 1. The molecule has 0 aromatic heterocycles. The molecule has 0 aliphatic carbocycles. The number of hydrogen-bond acceptors (Lipinski definition) is 5. The van der Waals surface area contributed by atoms with Crippen LogP contribution in [-0.4, -0.2) is 37.7 Å². The maximum atomic E-state index is 10.7. The molecule has 0 atom stereocenters. The van der Waals surface area contributed by atoms with E-state index in [1.807, 2.05) is 31.2 Å². The predicted molar refractivity (Wildman–Crippen MR) is 63.2 cm³/mol. The van der Waals surface area contributed by atoms with Gasteiger partial charge in [-0.3, -0.25) is 4.55 Å². The second-order valence-electron chi connectivity index (χ2n) is 3.22. The van der Waals surface area contributed by atoms with Crippen molar-refractivity contribution in [3.05, 3.63) is 24.3 Å². The van der Waals surface area contributed by atoms with Gasteiger partial charge in [-0.2, -0.15) is 21.6 Å². The molecule has 0 unspecified atom stereocenters. The monoisotopic (exact) mass is 302 g/mol. The summed E-state index contributed by atoms with van der Waals surface area (Å²) in [5.74, 6) is 0.290. The topological polar surface area (TPSA) is 89.9 Å². The molecular formula is C9H13F3N2O4S. The first-order valence-electron chi connectivity index (χ1n) is 4.73. The molecule has 1 aromatic carbocycles. The highest BCUT2D eigenvalue weighted by Gasteiger charge is 2.44. The van der Waals surface area contributed by atoms with Crippen LogP contribution in [0.5, 0.6) is 5.75 Å². The van der Waals surface area contributed by atoms with Crippen molar-refractivity contribution < 1.29 is 31.2 Å². The van der Waals surface area contributed by atoms with E-state index in [4.69, 9.17) is 18.1 Å². The van der Waals surface area contributed by atoms with Crippen LogP contribution < -0.4 is 10.4 Å².